The molecule has 0 unspecified atom stereocenters. The van der Waals surface area contributed by atoms with E-state index in [1.165, 1.54) is 24.5 Å². The molecule has 0 saturated carbocycles. The maximum absolute atomic E-state index is 13.9. The summed E-state index contributed by atoms with van der Waals surface area (Å²) in [6.07, 6.45) is 2.94. The minimum Gasteiger partial charge on any atom is -0.320 e. The second-order valence-electron chi connectivity index (χ2n) is 6.85. The molecular formula is C23H17BrFN5O2. The van der Waals surface area contributed by atoms with Crippen molar-refractivity contribution in [3.05, 3.63) is 100 Å². The third kappa shape index (κ3) is 4.57. The van der Waals surface area contributed by atoms with E-state index in [1.54, 1.807) is 29.8 Å². The van der Waals surface area contributed by atoms with E-state index in [2.05, 4.69) is 36.6 Å². The third-order valence-corrected chi connectivity index (χ3v) is 5.23. The number of amides is 2. The fourth-order valence-corrected chi connectivity index (χ4v) is 3.34. The summed E-state index contributed by atoms with van der Waals surface area (Å²) in [5, 5.41) is 9.61. The van der Waals surface area contributed by atoms with Crippen molar-refractivity contribution in [2.75, 3.05) is 10.6 Å². The van der Waals surface area contributed by atoms with Crippen LogP contribution in [0.1, 0.15) is 26.5 Å². The first-order valence-corrected chi connectivity index (χ1v) is 10.4. The van der Waals surface area contributed by atoms with Crippen molar-refractivity contribution < 1.29 is 14.0 Å². The predicted molar refractivity (Wildman–Crippen MR) is 123 cm³/mol. The van der Waals surface area contributed by atoms with Gasteiger partial charge in [0.05, 0.1) is 34.5 Å². The van der Waals surface area contributed by atoms with Gasteiger partial charge in [-0.05, 0) is 61.5 Å². The predicted octanol–water partition coefficient (Wildman–Crippen LogP) is 4.98. The molecule has 2 aromatic heterocycles. The summed E-state index contributed by atoms with van der Waals surface area (Å²) in [7, 11) is 0. The van der Waals surface area contributed by atoms with Gasteiger partial charge in [0.2, 0.25) is 0 Å². The Morgan fingerprint density at radius 1 is 0.969 bits per heavy atom. The van der Waals surface area contributed by atoms with Crippen molar-refractivity contribution in [1.29, 1.82) is 0 Å². The monoisotopic (exact) mass is 493 g/mol. The molecule has 9 heteroatoms. The van der Waals surface area contributed by atoms with E-state index in [1.807, 2.05) is 24.3 Å². The number of carbonyl (C=O) groups excluding carboxylic acids is 2. The van der Waals surface area contributed by atoms with E-state index >= 15 is 0 Å². The molecule has 4 rings (SSSR count). The Kier molecular flexibility index (Phi) is 6.09. The molecule has 160 valence electrons. The molecule has 0 atom stereocenters. The van der Waals surface area contributed by atoms with E-state index in [9.17, 15) is 14.0 Å². The van der Waals surface area contributed by atoms with Gasteiger partial charge < -0.3 is 10.6 Å². The molecule has 7 nitrogen and oxygen atoms in total. The Morgan fingerprint density at radius 2 is 1.72 bits per heavy atom. The molecule has 0 spiro atoms. The summed E-state index contributed by atoms with van der Waals surface area (Å²) in [6.45, 7) is 1.76. The van der Waals surface area contributed by atoms with Gasteiger partial charge in [-0.25, -0.2) is 9.07 Å². The molecule has 0 aliphatic carbocycles. The minimum atomic E-state index is -0.557. The van der Waals surface area contributed by atoms with E-state index in [-0.39, 0.29) is 17.1 Å². The van der Waals surface area contributed by atoms with Gasteiger partial charge in [0.25, 0.3) is 11.8 Å². The van der Waals surface area contributed by atoms with Crippen LogP contribution in [0, 0.1) is 12.7 Å². The molecule has 0 bridgehead atoms. The van der Waals surface area contributed by atoms with Gasteiger partial charge in [-0.2, -0.15) is 5.10 Å². The van der Waals surface area contributed by atoms with E-state index in [0.29, 0.717) is 11.3 Å². The van der Waals surface area contributed by atoms with E-state index < -0.39 is 17.6 Å². The fourth-order valence-electron chi connectivity index (χ4n) is 3.08. The summed E-state index contributed by atoms with van der Waals surface area (Å²) in [5.74, 6) is -1.52. The lowest BCUT2D eigenvalue weighted by molar-refractivity contribution is 0.101. The minimum absolute atomic E-state index is 0.120. The van der Waals surface area contributed by atoms with Gasteiger partial charge in [0, 0.05) is 10.7 Å². The summed E-state index contributed by atoms with van der Waals surface area (Å²) in [4.78, 5) is 29.4. The molecule has 0 aliphatic rings. The molecule has 0 saturated heterocycles. The molecule has 2 heterocycles. The van der Waals surface area contributed by atoms with Gasteiger partial charge >= 0.3 is 0 Å². The van der Waals surface area contributed by atoms with Crippen LogP contribution < -0.4 is 10.6 Å². The standard InChI is InChI=1S/C23H17BrFN5O2/c1-14-18(13-27-30(14)17-8-5-15(24)6-9-17)22(31)29-21-12-16(25)7-10-19(21)28-23(32)20-4-2-3-11-26-20/h2-13H,1H3,(H,28,32)(H,29,31). The lowest BCUT2D eigenvalue weighted by atomic mass is 10.2. The lowest BCUT2D eigenvalue weighted by Crippen LogP contribution is -2.18. The molecule has 4 aromatic rings. The number of nitrogens with one attached hydrogen (secondary N) is 2. The topological polar surface area (TPSA) is 88.9 Å². The van der Waals surface area contributed by atoms with Crippen LogP contribution in [-0.2, 0) is 0 Å². The Balaban J connectivity index is 1.58. The zero-order valence-corrected chi connectivity index (χ0v) is 18.4. The number of benzene rings is 2. The number of aromatic nitrogens is 3. The number of hydrogen-bond donors (Lipinski definition) is 2. The molecule has 2 N–H and O–H groups in total. The average Bonchev–Trinajstić information content (AvgIpc) is 3.18. The Labute approximate surface area is 191 Å². The van der Waals surface area contributed by atoms with Crippen molar-refractivity contribution in [2.24, 2.45) is 0 Å². The summed E-state index contributed by atoms with van der Waals surface area (Å²) >= 11 is 3.39. The quantitative estimate of drug-likeness (QED) is 0.410. The maximum Gasteiger partial charge on any atom is 0.274 e. The van der Waals surface area contributed by atoms with E-state index in [4.69, 9.17) is 0 Å². The highest BCUT2D eigenvalue weighted by Gasteiger charge is 2.18. The van der Waals surface area contributed by atoms with Crippen molar-refractivity contribution in [1.82, 2.24) is 14.8 Å². The van der Waals surface area contributed by atoms with Crippen LogP contribution in [0.4, 0.5) is 15.8 Å². The zero-order chi connectivity index (χ0) is 22.7. The number of hydrogen-bond acceptors (Lipinski definition) is 4. The number of nitrogens with zero attached hydrogens (tertiary/aromatic N) is 3. The first-order chi connectivity index (χ1) is 15.4. The number of pyridine rings is 1. The molecule has 0 radical (unpaired) electrons. The largest absolute Gasteiger partial charge is 0.320 e. The first-order valence-electron chi connectivity index (χ1n) is 9.56. The summed E-state index contributed by atoms with van der Waals surface area (Å²) in [6, 6.07) is 16.1. The lowest BCUT2D eigenvalue weighted by Gasteiger charge is -2.12. The van der Waals surface area contributed by atoms with Crippen molar-refractivity contribution in [3.63, 3.8) is 0 Å². The van der Waals surface area contributed by atoms with Crippen LogP contribution in [0.2, 0.25) is 0 Å². The molecule has 32 heavy (non-hydrogen) atoms. The molecule has 0 aliphatic heterocycles. The average molecular weight is 494 g/mol. The fraction of sp³-hybridized carbons (Fsp3) is 0.0435. The highest BCUT2D eigenvalue weighted by atomic mass is 79.9. The summed E-state index contributed by atoms with van der Waals surface area (Å²) in [5.41, 5.74) is 2.28. The Morgan fingerprint density at radius 3 is 2.44 bits per heavy atom. The van der Waals surface area contributed by atoms with Crippen molar-refractivity contribution in [2.45, 2.75) is 6.92 Å². The second-order valence-corrected chi connectivity index (χ2v) is 7.76. The Bertz CT molecular complexity index is 1290. The van der Waals surface area contributed by atoms with Crippen molar-refractivity contribution in [3.8, 4) is 5.69 Å². The highest BCUT2D eigenvalue weighted by Crippen LogP contribution is 2.25. The highest BCUT2D eigenvalue weighted by molar-refractivity contribution is 9.10. The van der Waals surface area contributed by atoms with E-state index in [0.717, 1.165) is 16.2 Å². The third-order valence-electron chi connectivity index (χ3n) is 4.70. The van der Waals surface area contributed by atoms with Crippen molar-refractivity contribution >= 4 is 39.1 Å². The Hall–Kier alpha value is -3.85. The number of rotatable bonds is 5. The van der Waals surface area contributed by atoms with Gasteiger partial charge in [-0.1, -0.05) is 22.0 Å². The first kappa shape index (κ1) is 21.4. The smallest absolute Gasteiger partial charge is 0.274 e. The molecular weight excluding hydrogens is 477 g/mol. The van der Waals surface area contributed by atoms with Gasteiger partial charge in [-0.15, -0.1) is 0 Å². The normalized spacial score (nSPS) is 10.6. The zero-order valence-electron chi connectivity index (χ0n) is 16.8. The molecule has 2 aromatic carbocycles. The number of carbonyl (C=O) groups is 2. The van der Waals surface area contributed by atoms with Crippen LogP contribution in [0.25, 0.3) is 5.69 Å². The van der Waals surface area contributed by atoms with Gasteiger partial charge in [0.1, 0.15) is 11.5 Å². The van der Waals surface area contributed by atoms with Gasteiger partial charge in [0.15, 0.2) is 0 Å². The van der Waals surface area contributed by atoms with Crippen LogP contribution in [0.15, 0.2) is 77.5 Å². The molecule has 0 fully saturated rings. The van der Waals surface area contributed by atoms with Crippen LogP contribution in [0.3, 0.4) is 0 Å². The van der Waals surface area contributed by atoms with Crippen LogP contribution >= 0.6 is 15.9 Å². The maximum atomic E-state index is 13.9. The number of halogens is 2. The van der Waals surface area contributed by atoms with Crippen LogP contribution in [-0.4, -0.2) is 26.6 Å². The molecule has 2 amide bonds. The van der Waals surface area contributed by atoms with Crippen LogP contribution in [0.5, 0.6) is 0 Å². The summed E-state index contributed by atoms with van der Waals surface area (Å²) < 4.78 is 16.5. The van der Waals surface area contributed by atoms with Gasteiger partial charge in [-0.3, -0.25) is 14.6 Å². The number of anilines is 2. The second kappa shape index (κ2) is 9.11. The SMILES string of the molecule is Cc1c(C(=O)Nc2cc(F)ccc2NC(=O)c2ccccn2)cnn1-c1ccc(Br)cc1.